The minimum absolute atomic E-state index is 0.177. The van der Waals surface area contributed by atoms with E-state index < -0.39 is 0 Å². The van der Waals surface area contributed by atoms with E-state index in [0.29, 0.717) is 18.3 Å². The molecule has 1 aromatic carbocycles. The molecule has 1 aliphatic carbocycles. The van der Waals surface area contributed by atoms with Crippen LogP contribution in [0.4, 0.5) is 0 Å². The first-order chi connectivity index (χ1) is 6.27. The summed E-state index contributed by atoms with van der Waals surface area (Å²) >= 11 is 0. The van der Waals surface area contributed by atoms with Crippen molar-refractivity contribution >= 4 is 5.91 Å². The van der Waals surface area contributed by atoms with E-state index in [1.807, 2.05) is 18.2 Å². The van der Waals surface area contributed by atoms with Crippen LogP contribution >= 0.6 is 0 Å². The van der Waals surface area contributed by atoms with Gasteiger partial charge < -0.3 is 5.73 Å². The van der Waals surface area contributed by atoms with Crippen molar-refractivity contribution < 1.29 is 4.79 Å². The van der Waals surface area contributed by atoms with Crippen molar-refractivity contribution in [2.24, 2.45) is 11.7 Å². The van der Waals surface area contributed by atoms with Crippen molar-refractivity contribution in [1.82, 2.24) is 0 Å². The molecule has 0 spiro atoms. The number of benzene rings is 1. The topological polar surface area (TPSA) is 43.1 Å². The highest BCUT2D eigenvalue weighted by Crippen LogP contribution is 2.49. The minimum atomic E-state index is -0.177. The fraction of sp³-hybridized carbons (Fsp3) is 0.364. The van der Waals surface area contributed by atoms with Crippen LogP contribution in [0, 0.1) is 5.92 Å². The lowest BCUT2D eigenvalue weighted by Crippen LogP contribution is -2.11. The largest absolute Gasteiger partial charge is 0.370 e. The van der Waals surface area contributed by atoms with E-state index in [0.717, 1.165) is 6.42 Å². The van der Waals surface area contributed by atoms with Crippen LogP contribution in [0.25, 0.3) is 0 Å². The van der Waals surface area contributed by atoms with Gasteiger partial charge in [-0.15, -0.1) is 0 Å². The molecule has 2 nitrogen and oxygen atoms in total. The maximum Gasteiger partial charge on any atom is 0.217 e. The molecule has 0 bridgehead atoms. The number of rotatable bonds is 3. The Hall–Kier alpha value is -1.31. The molecule has 2 rings (SSSR count). The SMILES string of the molecule is NC(=O)C[C@H]1C[C@@H]1c1ccccc1. The van der Waals surface area contributed by atoms with E-state index in [-0.39, 0.29) is 5.91 Å². The molecule has 1 amide bonds. The molecular formula is C11H13NO. The van der Waals surface area contributed by atoms with Gasteiger partial charge in [-0.25, -0.2) is 0 Å². The number of hydrogen-bond acceptors (Lipinski definition) is 1. The van der Waals surface area contributed by atoms with Gasteiger partial charge in [0.25, 0.3) is 0 Å². The second kappa shape index (κ2) is 3.21. The molecular weight excluding hydrogens is 162 g/mol. The third-order valence-corrected chi connectivity index (χ3v) is 2.61. The van der Waals surface area contributed by atoms with Crippen LogP contribution in [-0.2, 0) is 4.79 Å². The average Bonchev–Trinajstić information content (AvgIpc) is 2.84. The van der Waals surface area contributed by atoms with Gasteiger partial charge in [-0.3, -0.25) is 4.79 Å². The molecule has 13 heavy (non-hydrogen) atoms. The summed E-state index contributed by atoms with van der Waals surface area (Å²) in [7, 11) is 0. The molecule has 0 saturated heterocycles. The minimum Gasteiger partial charge on any atom is -0.370 e. The zero-order valence-corrected chi connectivity index (χ0v) is 7.44. The summed E-state index contributed by atoms with van der Waals surface area (Å²) in [5.74, 6) is 0.900. The number of amides is 1. The van der Waals surface area contributed by atoms with E-state index >= 15 is 0 Å². The zero-order chi connectivity index (χ0) is 9.26. The molecule has 0 unspecified atom stereocenters. The first kappa shape index (κ1) is 8.30. The number of hydrogen-bond donors (Lipinski definition) is 1. The Morgan fingerprint density at radius 3 is 2.69 bits per heavy atom. The highest BCUT2D eigenvalue weighted by Gasteiger charge is 2.38. The standard InChI is InChI=1S/C11H13NO/c12-11(13)7-9-6-10(9)8-4-2-1-3-5-8/h1-5,9-10H,6-7H2,(H2,12,13)/t9-,10-/m1/s1. The smallest absolute Gasteiger partial charge is 0.217 e. The molecule has 1 aromatic rings. The Bertz CT molecular complexity index is 307. The summed E-state index contributed by atoms with van der Waals surface area (Å²) in [6.07, 6.45) is 1.66. The lowest BCUT2D eigenvalue weighted by molar-refractivity contribution is -0.118. The fourth-order valence-corrected chi connectivity index (χ4v) is 1.84. The highest BCUT2D eigenvalue weighted by molar-refractivity contribution is 5.74. The molecule has 0 aliphatic heterocycles. The van der Waals surface area contributed by atoms with Crippen LogP contribution < -0.4 is 5.73 Å². The molecule has 2 heteroatoms. The predicted molar refractivity (Wildman–Crippen MR) is 51.1 cm³/mol. The second-order valence-corrected chi connectivity index (χ2v) is 3.68. The summed E-state index contributed by atoms with van der Waals surface area (Å²) in [5.41, 5.74) is 6.48. The van der Waals surface area contributed by atoms with Gasteiger partial charge in [0.2, 0.25) is 5.91 Å². The zero-order valence-electron chi connectivity index (χ0n) is 7.44. The van der Waals surface area contributed by atoms with E-state index in [1.54, 1.807) is 0 Å². The number of nitrogens with two attached hydrogens (primary N) is 1. The van der Waals surface area contributed by atoms with Crippen LogP contribution in [0.2, 0.25) is 0 Å². The maximum absolute atomic E-state index is 10.6. The van der Waals surface area contributed by atoms with Crippen LogP contribution in [0.3, 0.4) is 0 Å². The maximum atomic E-state index is 10.6. The van der Waals surface area contributed by atoms with Gasteiger partial charge in [0, 0.05) is 6.42 Å². The second-order valence-electron chi connectivity index (χ2n) is 3.68. The van der Waals surface area contributed by atoms with Crippen LogP contribution in [-0.4, -0.2) is 5.91 Å². The molecule has 1 fully saturated rings. The van der Waals surface area contributed by atoms with Crippen molar-refractivity contribution in [3.8, 4) is 0 Å². The molecule has 0 radical (unpaired) electrons. The Balaban J connectivity index is 1.97. The lowest BCUT2D eigenvalue weighted by atomic mass is 10.1. The van der Waals surface area contributed by atoms with Crippen LogP contribution in [0.5, 0.6) is 0 Å². The van der Waals surface area contributed by atoms with Crippen LogP contribution in [0.1, 0.15) is 24.3 Å². The van der Waals surface area contributed by atoms with Gasteiger partial charge in [-0.05, 0) is 23.8 Å². The highest BCUT2D eigenvalue weighted by atomic mass is 16.1. The molecule has 2 N–H and O–H groups in total. The number of primary amides is 1. The first-order valence-corrected chi connectivity index (χ1v) is 4.60. The average molecular weight is 175 g/mol. The van der Waals surface area contributed by atoms with Crippen LogP contribution in [0.15, 0.2) is 30.3 Å². The van der Waals surface area contributed by atoms with E-state index in [4.69, 9.17) is 5.73 Å². The predicted octanol–water partition coefficient (Wildman–Crippen LogP) is 1.67. The molecule has 1 saturated carbocycles. The summed E-state index contributed by atoms with van der Waals surface area (Å²) in [4.78, 5) is 10.6. The van der Waals surface area contributed by atoms with Gasteiger partial charge in [0.15, 0.2) is 0 Å². The number of carbonyl (C=O) groups is 1. The van der Waals surface area contributed by atoms with Gasteiger partial charge in [0.1, 0.15) is 0 Å². The lowest BCUT2D eigenvalue weighted by Gasteiger charge is -1.97. The van der Waals surface area contributed by atoms with Gasteiger partial charge in [-0.2, -0.15) is 0 Å². The quantitative estimate of drug-likeness (QED) is 0.746. The van der Waals surface area contributed by atoms with Crippen molar-refractivity contribution in [1.29, 1.82) is 0 Å². The van der Waals surface area contributed by atoms with E-state index in [1.165, 1.54) is 5.56 Å². The molecule has 68 valence electrons. The molecule has 1 aliphatic rings. The Morgan fingerprint density at radius 2 is 2.08 bits per heavy atom. The van der Waals surface area contributed by atoms with E-state index in [2.05, 4.69) is 12.1 Å². The normalized spacial score (nSPS) is 25.5. The van der Waals surface area contributed by atoms with Crippen molar-refractivity contribution in [3.63, 3.8) is 0 Å². The Labute approximate surface area is 77.8 Å². The Morgan fingerprint density at radius 1 is 1.38 bits per heavy atom. The summed E-state index contributed by atoms with van der Waals surface area (Å²) in [6.45, 7) is 0. The summed E-state index contributed by atoms with van der Waals surface area (Å²) in [5, 5.41) is 0. The van der Waals surface area contributed by atoms with Crippen molar-refractivity contribution in [3.05, 3.63) is 35.9 Å². The van der Waals surface area contributed by atoms with Gasteiger partial charge >= 0.3 is 0 Å². The summed E-state index contributed by atoms with van der Waals surface area (Å²) in [6, 6.07) is 10.3. The monoisotopic (exact) mass is 175 g/mol. The fourth-order valence-electron chi connectivity index (χ4n) is 1.84. The third kappa shape index (κ3) is 1.89. The number of carbonyl (C=O) groups excluding carboxylic acids is 1. The van der Waals surface area contributed by atoms with Gasteiger partial charge in [0.05, 0.1) is 0 Å². The molecule has 2 atom stereocenters. The van der Waals surface area contributed by atoms with Crippen molar-refractivity contribution in [2.45, 2.75) is 18.8 Å². The van der Waals surface area contributed by atoms with Crippen molar-refractivity contribution in [2.75, 3.05) is 0 Å². The third-order valence-electron chi connectivity index (χ3n) is 2.61. The van der Waals surface area contributed by atoms with Gasteiger partial charge in [-0.1, -0.05) is 30.3 Å². The molecule has 0 heterocycles. The summed E-state index contributed by atoms with van der Waals surface area (Å²) < 4.78 is 0. The molecule has 0 aromatic heterocycles. The van der Waals surface area contributed by atoms with E-state index in [9.17, 15) is 4.79 Å². The Kier molecular flexibility index (Phi) is 2.05. The first-order valence-electron chi connectivity index (χ1n) is 4.60.